The number of rotatable bonds is 16. The third-order valence-corrected chi connectivity index (χ3v) is 9.77. The van der Waals surface area contributed by atoms with Crippen LogP contribution in [0.5, 0.6) is 0 Å². The fourth-order valence-corrected chi connectivity index (χ4v) is 6.79. The van der Waals surface area contributed by atoms with E-state index in [1.165, 1.54) is 11.8 Å². The van der Waals surface area contributed by atoms with Crippen LogP contribution in [0.15, 0.2) is 108 Å². The number of benzene rings is 4. The van der Waals surface area contributed by atoms with Crippen molar-refractivity contribution in [1.29, 1.82) is 0 Å². The summed E-state index contributed by atoms with van der Waals surface area (Å²) >= 11 is 1.52. The van der Waals surface area contributed by atoms with Crippen molar-refractivity contribution < 1.29 is 24.2 Å². The maximum atomic E-state index is 12.7. The molecule has 2 heterocycles. The van der Waals surface area contributed by atoms with E-state index in [-0.39, 0.29) is 30.6 Å². The van der Waals surface area contributed by atoms with Crippen molar-refractivity contribution in [2.45, 2.75) is 75.2 Å². The smallest absolute Gasteiger partial charge is 0.224 e. The van der Waals surface area contributed by atoms with Crippen molar-refractivity contribution in [1.82, 2.24) is 20.2 Å². The number of tetrazole rings is 1. The SMILES string of the molecule is Nc1ccccc1NC(=O)CCCCCCC(=O)Nc1ccc(C2OC(CSc3nnnn3-c3ccccc3)CC(c3ccc(CO)cc3)O2)cc1. The van der Waals surface area contributed by atoms with Gasteiger partial charge in [-0.05, 0) is 70.8 Å². The van der Waals surface area contributed by atoms with E-state index < -0.39 is 6.29 Å². The van der Waals surface area contributed by atoms with Crippen molar-refractivity contribution in [3.8, 4) is 5.69 Å². The molecule has 2 amide bonds. The topological polar surface area (TPSA) is 167 Å². The maximum Gasteiger partial charge on any atom is 0.224 e. The molecule has 52 heavy (non-hydrogen) atoms. The number of para-hydroxylation sites is 3. The summed E-state index contributed by atoms with van der Waals surface area (Å²) in [4.78, 5) is 24.9. The molecule has 6 rings (SSSR count). The fourth-order valence-electron chi connectivity index (χ4n) is 5.89. The molecule has 0 spiro atoms. The molecular weight excluding hydrogens is 679 g/mol. The molecule has 1 fully saturated rings. The summed E-state index contributed by atoms with van der Waals surface area (Å²) in [7, 11) is 0. The van der Waals surface area contributed by atoms with Gasteiger partial charge in [0.2, 0.25) is 17.0 Å². The number of unbranched alkanes of at least 4 members (excludes halogenated alkanes) is 3. The molecule has 0 bridgehead atoms. The predicted octanol–water partition coefficient (Wildman–Crippen LogP) is 6.99. The van der Waals surface area contributed by atoms with Crippen LogP contribution in [0.4, 0.5) is 17.1 Å². The summed E-state index contributed by atoms with van der Waals surface area (Å²) in [6, 6.07) is 32.2. The Morgan fingerprint density at radius 1 is 0.808 bits per heavy atom. The zero-order valence-corrected chi connectivity index (χ0v) is 29.6. The normalized spacial score (nSPS) is 17.1. The number of nitrogens with one attached hydrogen (secondary N) is 2. The average Bonchev–Trinajstić information content (AvgIpc) is 3.66. The molecule has 4 aromatic carbocycles. The van der Waals surface area contributed by atoms with E-state index in [0.29, 0.717) is 47.2 Å². The molecule has 0 radical (unpaired) electrons. The molecule has 0 aliphatic carbocycles. The standard InChI is InChI=1S/C39H43N7O5S/c40-33-12-8-9-13-34(33)42-37(49)15-7-2-1-6-14-36(48)41-30-22-20-29(21-23-30)38-50-32(24-35(51-38)28-18-16-27(25-47)17-19-28)26-52-39-43-44-45-46(39)31-10-4-3-5-11-31/h3-5,8-13,16-23,32,35,38,47H,1-2,6-7,14-15,24-26,40H2,(H,41,48)(H,42,49). The van der Waals surface area contributed by atoms with Gasteiger partial charge in [0, 0.05) is 36.3 Å². The number of ether oxygens (including phenoxy) is 2. The zero-order valence-electron chi connectivity index (χ0n) is 28.8. The van der Waals surface area contributed by atoms with Gasteiger partial charge in [0.15, 0.2) is 6.29 Å². The van der Waals surface area contributed by atoms with Gasteiger partial charge in [0.05, 0.1) is 35.9 Å². The number of nitrogens with zero attached hydrogens (tertiary/aromatic N) is 4. The molecule has 1 aliphatic heterocycles. The number of amides is 2. The summed E-state index contributed by atoms with van der Waals surface area (Å²) in [6.45, 7) is -0.0258. The Bertz CT molecular complexity index is 1890. The summed E-state index contributed by atoms with van der Waals surface area (Å²) in [6.07, 6.45) is 3.57. The number of aliphatic hydroxyl groups is 1. The van der Waals surface area contributed by atoms with Crippen LogP contribution in [0.1, 0.15) is 74.0 Å². The first kappa shape index (κ1) is 36.7. The highest BCUT2D eigenvalue weighted by molar-refractivity contribution is 7.99. The Morgan fingerprint density at radius 3 is 2.19 bits per heavy atom. The number of nitrogen functional groups attached to an aromatic ring is 1. The number of carbonyl (C=O) groups excluding carboxylic acids is 2. The average molecular weight is 722 g/mol. The molecular formula is C39H43N7O5S. The quantitative estimate of drug-likeness (QED) is 0.0474. The summed E-state index contributed by atoms with van der Waals surface area (Å²) in [5, 5.41) is 28.3. The molecule has 3 atom stereocenters. The number of thioether (sulfide) groups is 1. The van der Waals surface area contributed by atoms with E-state index in [4.69, 9.17) is 15.2 Å². The van der Waals surface area contributed by atoms with Crippen LogP contribution in [0.25, 0.3) is 5.69 Å². The zero-order chi connectivity index (χ0) is 36.1. The Kier molecular flexibility index (Phi) is 13.0. The summed E-state index contributed by atoms with van der Waals surface area (Å²) < 4.78 is 14.7. The number of aliphatic hydroxyl groups excluding tert-OH is 1. The second kappa shape index (κ2) is 18.4. The summed E-state index contributed by atoms with van der Waals surface area (Å²) in [5.74, 6) is 0.478. The van der Waals surface area contributed by atoms with E-state index in [2.05, 4.69) is 26.2 Å². The van der Waals surface area contributed by atoms with Crippen LogP contribution < -0.4 is 16.4 Å². The molecule has 1 aromatic heterocycles. The minimum Gasteiger partial charge on any atom is -0.397 e. The Morgan fingerprint density at radius 2 is 1.48 bits per heavy atom. The highest BCUT2D eigenvalue weighted by Gasteiger charge is 2.32. The van der Waals surface area contributed by atoms with E-state index in [1.807, 2.05) is 91.0 Å². The lowest BCUT2D eigenvalue weighted by Gasteiger charge is -2.36. The number of aromatic nitrogens is 4. The second-order valence-electron chi connectivity index (χ2n) is 12.6. The Balaban J connectivity index is 0.996. The number of carbonyl (C=O) groups is 2. The van der Waals surface area contributed by atoms with E-state index in [9.17, 15) is 14.7 Å². The van der Waals surface area contributed by atoms with Gasteiger partial charge < -0.3 is 30.9 Å². The minimum atomic E-state index is -0.635. The van der Waals surface area contributed by atoms with Crippen molar-refractivity contribution >= 4 is 40.6 Å². The molecule has 1 saturated heterocycles. The molecule has 12 nitrogen and oxygen atoms in total. The lowest BCUT2D eigenvalue weighted by Crippen LogP contribution is -2.31. The van der Waals surface area contributed by atoms with Gasteiger partial charge in [-0.1, -0.05) is 91.3 Å². The molecule has 270 valence electrons. The second-order valence-corrected chi connectivity index (χ2v) is 13.6. The number of hydrogen-bond donors (Lipinski definition) is 4. The lowest BCUT2D eigenvalue weighted by atomic mass is 10.0. The van der Waals surface area contributed by atoms with Crippen molar-refractivity contribution in [2.75, 3.05) is 22.1 Å². The van der Waals surface area contributed by atoms with Gasteiger partial charge in [-0.2, -0.15) is 4.68 Å². The van der Waals surface area contributed by atoms with E-state index in [1.54, 1.807) is 16.8 Å². The van der Waals surface area contributed by atoms with Gasteiger partial charge in [-0.25, -0.2) is 0 Å². The molecule has 13 heteroatoms. The van der Waals surface area contributed by atoms with Crippen molar-refractivity contribution in [3.63, 3.8) is 0 Å². The van der Waals surface area contributed by atoms with Crippen LogP contribution in [-0.2, 0) is 25.7 Å². The minimum absolute atomic E-state index is 0.0258. The highest BCUT2D eigenvalue weighted by Crippen LogP contribution is 2.39. The van der Waals surface area contributed by atoms with Gasteiger partial charge >= 0.3 is 0 Å². The number of nitrogens with two attached hydrogens (primary N) is 1. The first-order valence-electron chi connectivity index (χ1n) is 17.5. The number of anilines is 3. The van der Waals surface area contributed by atoms with Gasteiger partial charge in [0.25, 0.3) is 0 Å². The van der Waals surface area contributed by atoms with Gasteiger partial charge in [0.1, 0.15) is 0 Å². The lowest BCUT2D eigenvalue weighted by molar-refractivity contribution is -0.245. The van der Waals surface area contributed by atoms with Crippen molar-refractivity contribution in [3.05, 3.63) is 120 Å². The van der Waals surface area contributed by atoms with Gasteiger partial charge in [-0.3, -0.25) is 9.59 Å². The van der Waals surface area contributed by atoms with E-state index in [0.717, 1.165) is 48.1 Å². The largest absolute Gasteiger partial charge is 0.397 e. The Labute approximate surface area is 307 Å². The molecule has 3 unspecified atom stereocenters. The van der Waals surface area contributed by atoms with Crippen molar-refractivity contribution in [2.24, 2.45) is 0 Å². The summed E-state index contributed by atoms with van der Waals surface area (Å²) in [5.41, 5.74) is 11.3. The fraction of sp³-hybridized carbons (Fsp3) is 0.308. The third kappa shape index (κ3) is 10.3. The van der Waals surface area contributed by atoms with E-state index >= 15 is 0 Å². The predicted molar refractivity (Wildman–Crippen MR) is 201 cm³/mol. The maximum absolute atomic E-state index is 12.7. The van der Waals surface area contributed by atoms with Crippen LogP contribution in [-0.4, -0.2) is 49.0 Å². The van der Waals surface area contributed by atoms with Crippen LogP contribution >= 0.6 is 11.8 Å². The Hall–Kier alpha value is -5.08. The van der Waals surface area contributed by atoms with Gasteiger partial charge in [-0.15, -0.1) is 5.10 Å². The third-order valence-electron chi connectivity index (χ3n) is 8.71. The van der Waals surface area contributed by atoms with Crippen LogP contribution in [0, 0.1) is 0 Å². The monoisotopic (exact) mass is 721 g/mol. The molecule has 1 aliphatic rings. The van der Waals surface area contributed by atoms with Crippen LogP contribution in [0.2, 0.25) is 0 Å². The van der Waals surface area contributed by atoms with Crippen LogP contribution in [0.3, 0.4) is 0 Å². The molecule has 5 aromatic rings. The molecule has 0 saturated carbocycles. The highest BCUT2D eigenvalue weighted by atomic mass is 32.2. The molecule has 5 N–H and O–H groups in total. The first-order chi connectivity index (χ1) is 25.4. The first-order valence-corrected chi connectivity index (χ1v) is 18.4. The number of hydrogen-bond acceptors (Lipinski definition) is 10.